The molecule has 0 radical (unpaired) electrons. The van der Waals surface area contributed by atoms with E-state index in [1.807, 2.05) is 24.0 Å². The molecule has 1 aliphatic heterocycles. The van der Waals surface area contributed by atoms with Crippen LogP contribution >= 0.6 is 0 Å². The van der Waals surface area contributed by atoms with Crippen molar-refractivity contribution in [3.05, 3.63) is 53.3 Å². The first kappa shape index (κ1) is 19.4. The number of hydrogen-bond donors (Lipinski definition) is 2. The van der Waals surface area contributed by atoms with Crippen LogP contribution in [0.3, 0.4) is 0 Å². The third kappa shape index (κ3) is 5.32. The molecular formula is C21H32N6. The lowest BCUT2D eigenvalue weighted by Gasteiger charge is -2.33. The Morgan fingerprint density at radius 1 is 1.15 bits per heavy atom. The maximum absolute atomic E-state index is 4.34. The predicted octanol–water partition coefficient (Wildman–Crippen LogP) is 2.66. The number of likely N-dealkylation sites (tertiary alicyclic amines) is 1. The summed E-state index contributed by atoms with van der Waals surface area (Å²) in [4.78, 5) is 6.95. The van der Waals surface area contributed by atoms with Crippen LogP contribution in [0.2, 0.25) is 0 Å². The van der Waals surface area contributed by atoms with Gasteiger partial charge in [-0.2, -0.15) is 5.10 Å². The van der Waals surface area contributed by atoms with Crippen molar-refractivity contribution in [1.82, 2.24) is 25.3 Å². The quantitative estimate of drug-likeness (QED) is 0.608. The van der Waals surface area contributed by atoms with Crippen molar-refractivity contribution in [2.24, 2.45) is 12.0 Å². The van der Waals surface area contributed by atoms with Gasteiger partial charge < -0.3 is 10.6 Å². The molecule has 2 N–H and O–H groups in total. The van der Waals surface area contributed by atoms with Crippen LogP contribution in [0.4, 0.5) is 0 Å². The van der Waals surface area contributed by atoms with E-state index in [4.69, 9.17) is 0 Å². The number of benzene rings is 1. The first-order valence-electron chi connectivity index (χ1n) is 9.89. The third-order valence-corrected chi connectivity index (χ3v) is 5.46. The Bertz CT molecular complexity index is 751. The molecule has 2 heterocycles. The second kappa shape index (κ2) is 9.55. The van der Waals surface area contributed by atoms with Gasteiger partial charge in [-0.3, -0.25) is 14.6 Å². The third-order valence-electron chi connectivity index (χ3n) is 5.46. The molecule has 1 saturated heterocycles. The number of aliphatic imine (C=N–C) groups is 1. The summed E-state index contributed by atoms with van der Waals surface area (Å²) in [5.74, 6) is 0.803. The molecule has 1 unspecified atom stereocenters. The Labute approximate surface area is 162 Å². The molecule has 27 heavy (non-hydrogen) atoms. The molecule has 2 aromatic rings. The standard InChI is InChI=1S/C21H32N6/c1-17-8-6-7-13-27(17)16-19-10-5-4-9-18(19)14-23-21(22-2)24-15-20-11-12-25-26(20)3/h4-5,9-12,17H,6-8,13-16H2,1-3H3,(H2,22,23,24). The number of guanidine groups is 1. The fourth-order valence-electron chi connectivity index (χ4n) is 3.64. The molecule has 1 fully saturated rings. The van der Waals surface area contributed by atoms with E-state index < -0.39 is 0 Å². The highest BCUT2D eigenvalue weighted by Gasteiger charge is 2.19. The average Bonchev–Trinajstić information content (AvgIpc) is 3.10. The Morgan fingerprint density at radius 2 is 1.93 bits per heavy atom. The molecule has 6 nitrogen and oxygen atoms in total. The molecule has 1 atom stereocenters. The van der Waals surface area contributed by atoms with Crippen molar-refractivity contribution >= 4 is 5.96 Å². The molecule has 1 aromatic heterocycles. The first-order valence-corrected chi connectivity index (χ1v) is 9.89. The lowest BCUT2D eigenvalue weighted by atomic mass is 10.0. The highest BCUT2D eigenvalue weighted by Crippen LogP contribution is 2.20. The Hall–Kier alpha value is -2.34. The van der Waals surface area contributed by atoms with E-state index in [0.29, 0.717) is 12.6 Å². The Kier molecular flexibility index (Phi) is 6.87. The maximum Gasteiger partial charge on any atom is 0.191 e. The molecule has 1 aromatic carbocycles. The number of nitrogens with one attached hydrogen (secondary N) is 2. The van der Waals surface area contributed by atoms with Crippen LogP contribution in [0.15, 0.2) is 41.5 Å². The van der Waals surface area contributed by atoms with Crippen LogP contribution in [-0.2, 0) is 26.7 Å². The van der Waals surface area contributed by atoms with Gasteiger partial charge in [-0.1, -0.05) is 30.7 Å². The van der Waals surface area contributed by atoms with Crippen LogP contribution in [0.1, 0.15) is 43.0 Å². The van der Waals surface area contributed by atoms with Crippen molar-refractivity contribution in [3.8, 4) is 0 Å². The van der Waals surface area contributed by atoms with Crippen molar-refractivity contribution < 1.29 is 0 Å². The van der Waals surface area contributed by atoms with Crippen LogP contribution in [0.5, 0.6) is 0 Å². The summed E-state index contributed by atoms with van der Waals surface area (Å²) in [6.07, 6.45) is 5.80. The van der Waals surface area contributed by atoms with E-state index in [1.54, 1.807) is 7.05 Å². The molecule has 1 aliphatic rings. The van der Waals surface area contributed by atoms with Crippen LogP contribution in [-0.4, -0.2) is 40.3 Å². The number of hydrogen-bond acceptors (Lipinski definition) is 3. The minimum atomic E-state index is 0.674. The second-order valence-corrected chi connectivity index (χ2v) is 7.31. The van der Waals surface area contributed by atoms with Crippen molar-refractivity contribution in [2.75, 3.05) is 13.6 Å². The summed E-state index contributed by atoms with van der Waals surface area (Å²) in [5, 5.41) is 11.0. The van der Waals surface area contributed by atoms with E-state index in [2.05, 4.69) is 56.8 Å². The smallest absolute Gasteiger partial charge is 0.191 e. The van der Waals surface area contributed by atoms with Crippen LogP contribution < -0.4 is 10.6 Å². The summed E-state index contributed by atoms with van der Waals surface area (Å²) in [5.41, 5.74) is 3.86. The van der Waals surface area contributed by atoms with E-state index in [9.17, 15) is 0 Å². The SMILES string of the molecule is CN=C(NCc1ccccc1CN1CCCCC1C)NCc1ccnn1C. The molecule has 0 amide bonds. The summed E-state index contributed by atoms with van der Waals surface area (Å²) in [7, 11) is 3.75. The van der Waals surface area contributed by atoms with Gasteiger partial charge in [0.05, 0.1) is 12.2 Å². The Morgan fingerprint density at radius 3 is 2.63 bits per heavy atom. The minimum Gasteiger partial charge on any atom is -0.352 e. The van der Waals surface area contributed by atoms with Gasteiger partial charge in [0.1, 0.15) is 0 Å². The monoisotopic (exact) mass is 368 g/mol. The van der Waals surface area contributed by atoms with Crippen LogP contribution in [0, 0.1) is 0 Å². The van der Waals surface area contributed by atoms with Gasteiger partial charge in [0.25, 0.3) is 0 Å². The molecule has 146 valence electrons. The molecule has 0 aliphatic carbocycles. The molecule has 0 saturated carbocycles. The highest BCUT2D eigenvalue weighted by atomic mass is 15.3. The van der Waals surface area contributed by atoms with E-state index in [-0.39, 0.29) is 0 Å². The molecular weight excluding hydrogens is 336 g/mol. The lowest BCUT2D eigenvalue weighted by molar-refractivity contribution is 0.152. The molecule has 0 bridgehead atoms. The van der Waals surface area contributed by atoms with Gasteiger partial charge in [0.2, 0.25) is 0 Å². The Balaban J connectivity index is 1.57. The molecule has 0 spiro atoms. The fraction of sp³-hybridized carbons (Fsp3) is 0.524. The zero-order valence-electron chi connectivity index (χ0n) is 16.8. The summed E-state index contributed by atoms with van der Waals surface area (Å²) in [6, 6.07) is 11.4. The molecule has 3 rings (SSSR count). The summed E-state index contributed by atoms with van der Waals surface area (Å²) < 4.78 is 1.87. The second-order valence-electron chi connectivity index (χ2n) is 7.31. The molecule has 6 heteroatoms. The lowest BCUT2D eigenvalue weighted by Crippen LogP contribution is -2.38. The van der Waals surface area contributed by atoms with Gasteiger partial charge in [-0.15, -0.1) is 0 Å². The van der Waals surface area contributed by atoms with E-state index >= 15 is 0 Å². The van der Waals surface area contributed by atoms with Crippen LogP contribution in [0.25, 0.3) is 0 Å². The first-order chi connectivity index (χ1) is 13.2. The minimum absolute atomic E-state index is 0.674. The summed E-state index contributed by atoms with van der Waals surface area (Å²) >= 11 is 0. The van der Waals surface area contributed by atoms with E-state index in [0.717, 1.165) is 24.7 Å². The fourth-order valence-corrected chi connectivity index (χ4v) is 3.64. The van der Waals surface area contributed by atoms with Gasteiger partial charge in [-0.05, 0) is 43.5 Å². The number of aromatic nitrogens is 2. The highest BCUT2D eigenvalue weighted by molar-refractivity contribution is 5.79. The number of aryl methyl sites for hydroxylation is 1. The van der Waals surface area contributed by atoms with Crippen molar-refractivity contribution in [1.29, 1.82) is 0 Å². The normalized spacial score (nSPS) is 18.5. The van der Waals surface area contributed by atoms with Crippen molar-refractivity contribution in [2.45, 2.75) is 51.9 Å². The topological polar surface area (TPSA) is 57.5 Å². The summed E-state index contributed by atoms with van der Waals surface area (Å²) in [6.45, 7) is 6.05. The van der Waals surface area contributed by atoms with E-state index in [1.165, 1.54) is 36.9 Å². The van der Waals surface area contributed by atoms with Gasteiger partial charge in [0, 0.05) is 39.4 Å². The number of rotatable bonds is 6. The number of nitrogens with zero attached hydrogens (tertiary/aromatic N) is 4. The van der Waals surface area contributed by atoms with Crippen molar-refractivity contribution in [3.63, 3.8) is 0 Å². The average molecular weight is 369 g/mol. The predicted molar refractivity (Wildman–Crippen MR) is 110 cm³/mol. The maximum atomic E-state index is 4.34. The number of piperidine rings is 1. The van der Waals surface area contributed by atoms with Gasteiger partial charge in [0.15, 0.2) is 5.96 Å². The van der Waals surface area contributed by atoms with Gasteiger partial charge >= 0.3 is 0 Å². The zero-order chi connectivity index (χ0) is 19.1. The largest absolute Gasteiger partial charge is 0.352 e. The zero-order valence-corrected chi connectivity index (χ0v) is 16.8. The van der Waals surface area contributed by atoms with Gasteiger partial charge in [-0.25, -0.2) is 0 Å².